The molecule has 2 heterocycles. The molecule has 0 atom stereocenters. The molecule has 1 amide bonds. The predicted molar refractivity (Wildman–Crippen MR) is 131 cm³/mol. The molecule has 0 fully saturated rings. The molecule has 0 saturated heterocycles. The molecular formula is C24H28N4O3S2. The van der Waals surface area contributed by atoms with Gasteiger partial charge in [0, 0.05) is 17.8 Å². The van der Waals surface area contributed by atoms with Crippen LogP contribution in [0.3, 0.4) is 0 Å². The smallest absolute Gasteiger partial charge is 0.341 e. The van der Waals surface area contributed by atoms with Gasteiger partial charge in [0.1, 0.15) is 10.8 Å². The van der Waals surface area contributed by atoms with Crippen molar-refractivity contribution < 1.29 is 14.3 Å². The van der Waals surface area contributed by atoms with Crippen molar-refractivity contribution >= 4 is 40.0 Å². The largest absolute Gasteiger partial charge is 0.465 e. The lowest BCUT2D eigenvalue weighted by atomic mass is 10.1. The van der Waals surface area contributed by atoms with E-state index in [1.54, 1.807) is 0 Å². The number of rotatable bonds is 8. The van der Waals surface area contributed by atoms with Crippen LogP contribution in [0.1, 0.15) is 58.4 Å². The molecular weight excluding hydrogens is 456 g/mol. The summed E-state index contributed by atoms with van der Waals surface area (Å²) in [4.78, 5) is 26.5. The van der Waals surface area contributed by atoms with E-state index in [4.69, 9.17) is 4.74 Å². The number of amides is 1. The van der Waals surface area contributed by atoms with E-state index in [-0.39, 0.29) is 17.6 Å². The first kappa shape index (κ1) is 23.5. The molecule has 0 aliphatic heterocycles. The van der Waals surface area contributed by atoms with Crippen LogP contribution in [0.15, 0.2) is 35.5 Å². The zero-order valence-electron chi connectivity index (χ0n) is 18.9. The highest BCUT2D eigenvalue weighted by atomic mass is 32.2. The van der Waals surface area contributed by atoms with E-state index in [0.29, 0.717) is 22.1 Å². The number of methoxy groups -OCH3 is 1. The number of aromatic nitrogens is 3. The van der Waals surface area contributed by atoms with Crippen LogP contribution in [0.5, 0.6) is 0 Å². The summed E-state index contributed by atoms with van der Waals surface area (Å²) in [5.41, 5.74) is 2.74. The Bertz CT molecular complexity index is 1120. The monoisotopic (exact) mass is 484 g/mol. The number of hydrogen-bond acceptors (Lipinski definition) is 7. The van der Waals surface area contributed by atoms with Gasteiger partial charge >= 0.3 is 5.97 Å². The van der Waals surface area contributed by atoms with Gasteiger partial charge in [0.2, 0.25) is 5.91 Å². The fraction of sp³-hybridized carbons (Fsp3) is 0.417. The first-order valence-electron chi connectivity index (χ1n) is 11.2. The molecule has 0 unspecified atom stereocenters. The zero-order chi connectivity index (χ0) is 23.2. The van der Waals surface area contributed by atoms with Crippen molar-refractivity contribution in [3.63, 3.8) is 0 Å². The van der Waals surface area contributed by atoms with Crippen LogP contribution in [0.25, 0.3) is 0 Å². The number of carbonyl (C=O) groups is 2. The number of fused-ring (bicyclic) bond motifs is 1. The molecule has 1 aliphatic carbocycles. The van der Waals surface area contributed by atoms with Crippen LogP contribution in [0.2, 0.25) is 0 Å². The Morgan fingerprint density at radius 3 is 2.70 bits per heavy atom. The van der Waals surface area contributed by atoms with E-state index >= 15 is 0 Å². The summed E-state index contributed by atoms with van der Waals surface area (Å²) >= 11 is 2.86. The Morgan fingerprint density at radius 1 is 1.15 bits per heavy atom. The van der Waals surface area contributed by atoms with Crippen molar-refractivity contribution in [2.75, 3.05) is 18.2 Å². The van der Waals surface area contributed by atoms with Crippen LogP contribution in [0.4, 0.5) is 5.00 Å². The molecule has 4 rings (SSSR count). The van der Waals surface area contributed by atoms with Gasteiger partial charge < -0.3 is 14.6 Å². The second-order valence-electron chi connectivity index (χ2n) is 7.90. The normalized spacial score (nSPS) is 13.3. The molecule has 2 aromatic heterocycles. The Hall–Kier alpha value is -2.65. The van der Waals surface area contributed by atoms with Gasteiger partial charge in [-0.05, 0) is 43.7 Å². The molecule has 33 heavy (non-hydrogen) atoms. The van der Waals surface area contributed by atoms with E-state index in [0.717, 1.165) is 50.0 Å². The lowest BCUT2D eigenvalue weighted by Gasteiger charge is -2.09. The van der Waals surface area contributed by atoms with E-state index < -0.39 is 0 Å². The van der Waals surface area contributed by atoms with Gasteiger partial charge in [0.25, 0.3) is 0 Å². The maximum absolute atomic E-state index is 12.8. The van der Waals surface area contributed by atoms with Crippen molar-refractivity contribution in [3.8, 4) is 0 Å². The number of anilines is 1. The maximum Gasteiger partial charge on any atom is 0.341 e. The zero-order valence-corrected chi connectivity index (χ0v) is 20.6. The highest BCUT2D eigenvalue weighted by molar-refractivity contribution is 7.99. The summed E-state index contributed by atoms with van der Waals surface area (Å²) < 4.78 is 7.06. The molecule has 0 spiro atoms. The topological polar surface area (TPSA) is 86.1 Å². The number of thiophene rings is 1. The van der Waals surface area contributed by atoms with Crippen LogP contribution >= 0.6 is 23.1 Å². The molecule has 174 valence electrons. The quantitative estimate of drug-likeness (QED) is 0.282. The SMILES string of the molecule is CCn1c(Cc2ccccc2)nnc1SCC(=O)Nc1sc2c(c1C(=O)OC)CCCCC2. The van der Waals surface area contributed by atoms with Crippen molar-refractivity contribution in [1.82, 2.24) is 14.8 Å². The van der Waals surface area contributed by atoms with E-state index in [1.165, 1.54) is 40.6 Å². The molecule has 1 N–H and O–H groups in total. The number of benzene rings is 1. The molecule has 0 saturated carbocycles. The van der Waals surface area contributed by atoms with Crippen LogP contribution in [-0.2, 0) is 35.3 Å². The van der Waals surface area contributed by atoms with Gasteiger partial charge in [-0.2, -0.15) is 0 Å². The second-order valence-corrected chi connectivity index (χ2v) is 9.95. The predicted octanol–water partition coefficient (Wildman–Crippen LogP) is 4.74. The lowest BCUT2D eigenvalue weighted by Crippen LogP contribution is -2.17. The minimum atomic E-state index is -0.381. The summed E-state index contributed by atoms with van der Waals surface area (Å²) in [6.07, 6.45) is 5.80. The number of thioether (sulfide) groups is 1. The first-order valence-corrected chi connectivity index (χ1v) is 13.0. The standard InChI is InChI=1S/C24H28N4O3S2/c1-3-28-19(14-16-10-6-4-7-11-16)26-27-24(28)32-15-20(29)25-22-21(23(30)31-2)17-12-8-5-9-13-18(17)33-22/h4,6-7,10-11H,3,5,8-9,12-15H2,1-2H3,(H,25,29). The fourth-order valence-corrected chi connectivity index (χ4v) is 6.21. The molecule has 7 nitrogen and oxygen atoms in total. The first-order chi connectivity index (χ1) is 16.1. The van der Waals surface area contributed by atoms with Gasteiger partial charge in [-0.3, -0.25) is 4.79 Å². The maximum atomic E-state index is 12.8. The van der Waals surface area contributed by atoms with Crippen molar-refractivity contribution in [2.45, 2.75) is 57.1 Å². The summed E-state index contributed by atoms with van der Waals surface area (Å²) in [6.45, 7) is 2.77. The van der Waals surface area contributed by atoms with Crippen molar-refractivity contribution in [3.05, 3.63) is 57.7 Å². The summed E-state index contributed by atoms with van der Waals surface area (Å²) in [7, 11) is 1.38. The lowest BCUT2D eigenvalue weighted by molar-refractivity contribution is -0.113. The van der Waals surface area contributed by atoms with Crippen LogP contribution in [-0.4, -0.2) is 39.5 Å². The van der Waals surface area contributed by atoms with E-state index in [9.17, 15) is 9.59 Å². The average Bonchev–Trinajstić information content (AvgIpc) is 3.29. The molecule has 1 aliphatic rings. The average molecular weight is 485 g/mol. The third-order valence-electron chi connectivity index (χ3n) is 5.71. The number of hydrogen-bond donors (Lipinski definition) is 1. The van der Waals surface area contributed by atoms with Gasteiger partial charge in [0.05, 0.1) is 18.4 Å². The van der Waals surface area contributed by atoms with Crippen molar-refractivity contribution in [1.29, 1.82) is 0 Å². The number of nitrogens with zero attached hydrogens (tertiary/aromatic N) is 3. The third kappa shape index (κ3) is 5.47. The molecule has 0 bridgehead atoms. The van der Waals surface area contributed by atoms with Gasteiger partial charge in [0.15, 0.2) is 5.16 Å². The minimum Gasteiger partial charge on any atom is -0.465 e. The Kier molecular flexibility index (Phi) is 7.82. The Morgan fingerprint density at radius 2 is 1.94 bits per heavy atom. The fourth-order valence-electron chi connectivity index (χ4n) is 4.09. The van der Waals surface area contributed by atoms with Gasteiger partial charge in [-0.25, -0.2) is 4.79 Å². The Balaban J connectivity index is 1.44. The minimum absolute atomic E-state index is 0.170. The van der Waals surface area contributed by atoms with Crippen LogP contribution in [0, 0.1) is 0 Å². The van der Waals surface area contributed by atoms with Gasteiger partial charge in [-0.15, -0.1) is 21.5 Å². The number of carbonyl (C=O) groups excluding carboxylic acids is 2. The number of aryl methyl sites for hydroxylation is 1. The van der Waals surface area contributed by atoms with Crippen LogP contribution < -0.4 is 5.32 Å². The number of ether oxygens (including phenoxy) is 1. The van der Waals surface area contributed by atoms with Gasteiger partial charge in [-0.1, -0.05) is 48.5 Å². The molecule has 0 radical (unpaired) electrons. The van der Waals surface area contributed by atoms with E-state index in [2.05, 4.69) is 27.6 Å². The second kappa shape index (κ2) is 11.0. The number of esters is 1. The summed E-state index contributed by atoms with van der Waals surface area (Å²) in [5.74, 6) is 0.513. The third-order valence-corrected chi connectivity index (χ3v) is 7.88. The Labute approximate surface area is 201 Å². The molecule has 3 aromatic rings. The number of nitrogens with one attached hydrogen (secondary N) is 1. The summed E-state index contributed by atoms with van der Waals surface area (Å²) in [6, 6.07) is 10.1. The summed E-state index contributed by atoms with van der Waals surface area (Å²) in [5, 5.41) is 12.9. The molecule has 1 aromatic carbocycles. The molecule has 9 heteroatoms. The highest BCUT2D eigenvalue weighted by Gasteiger charge is 2.26. The van der Waals surface area contributed by atoms with Crippen molar-refractivity contribution in [2.24, 2.45) is 0 Å². The van der Waals surface area contributed by atoms with E-state index in [1.807, 2.05) is 29.7 Å². The highest BCUT2D eigenvalue weighted by Crippen LogP contribution is 2.38.